The Morgan fingerprint density at radius 1 is 1.24 bits per heavy atom. The lowest BCUT2D eigenvalue weighted by Crippen LogP contribution is -2.45. The van der Waals surface area contributed by atoms with Gasteiger partial charge in [-0.25, -0.2) is 4.98 Å². The number of H-pyrrole nitrogens is 1. The van der Waals surface area contributed by atoms with E-state index in [0.29, 0.717) is 23.9 Å². The van der Waals surface area contributed by atoms with Gasteiger partial charge in [0.1, 0.15) is 18.1 Å². The van der Waals surface area contributed by atoms with Gasteiger partial charge < -0.3 is 29.8 Å². The summed E-state index contributed by atoms with van der Waals surface area (Å²) in [4.78, 5) is 23.0. The number of rotatable bonds is 9. The van der Waals surface area contributed by atoms with Crippen molar-refractivity contribution in [2.45, 2.75) is 70.1 Å². The van der Waals surface area contributed by atoms with Crippen LogP contribution in [0.3, 0.4) is 0 Å². The molecule has 3 aromatic rings. The van der Waals surface area contributed by atoms with Crippen LogP contribution in [0.1, 0.15) is 67.9 Å². The summed E-state index contributed by atoms with van der Waals surface area (Å²) in [6.07, 6.45) is 8.17. The van der Waals surface area contributed by atoms with Crippen molar-refractivity contribution in [1.82, 2.24) is 20.2 Å². The summed E-state index contributed by atoms with van der Waals surface area (Å²) in [5.74, 6) is 1.90. The first-order valence-electron chi connectivity index (χ1n) is 13.9. The normalized spacial score (nSPS) is 24.3. The van der Waals surface area contributed by atoms with Gasteiger partial charge in [0.15, 0.2) is 0 Å². The van der Waals surface area contributed by atoms with E-state index < -0.39 is 5.60 Å². The number of likely N-dealkylation sites (tertiary alicyclic amines) is 1. The van der Waals surface area contributed by atoms with E-state index in [9.17, 15) is 9.90 Å². The van der Waals surface area contributed by atoms with Crippen LogP contribution in [0.4, 0.5) is 0 Å². The predicted molar refractivity (Wildman–Crippen MR) is 148 cm³/mol. The van der Waals surface area contributed by atoms with Gasteiger partial charge in [0, 0.05) is 47.9 Å². The van der Waals surface area contributed by atoms with Crippen molar-refractivity contribution in [3.63, 3.8) is 0 Å². The Bertz CT molecular complexity index is 1220. The van der Waals surface area contributed by atoms with Gasteiger partial charge in [-0.1, -0.05) is 13.0 Å². The lowest BCUT2D eigenvalue weighted by molar-refractivity contribution is -0.0201. The molecule has 0 spiro atoms. The first-order valence-corrected chi connectivity index (χ1v) is 13.9. The Morgan fingerprint density at radius 2 is 2.08 bits per heavy atom. The highest BCUT2D eigenvalue weighted by Gasteiger charge is 2.34. The molecule has 2 fully saturated rings. The fourth-order valence-electron chi connectivity index (χ4n) is 5.82. The van der Waals surface area contributed by atoms with E-state index in [1.807, 2.05) is 30.3 Å². The van der Waals surface area contributed by atoms with Crippen LogP contribution in [-0.2, 0) is 6.61 Å². The summed E-state index contributed by atoms with van der Waals surface area (Å²) in [5, 5.41) is 15.2. The largest absolute Gasteiger partial charge is 0.488 e. The van der Waals surface area contributed by atoms with Crippen LogP contribution in [0.2, 0.25) is 0 Å². The minimum atomic E-state index is -0.616. The number of aromatic amines is 1. The molecule has 1 aromatic carbocycles. The van der Waals surface area contributed by atoms with Crippen molar-refractivity contribution in [3.05, 3.63) is 53.9 Å². The van der Waals surface area contributed by atoms with E-state index in [1.54, 1.807) is 19.4 Å². The minimum Gasteiger partial charge on any atom is -0.488 e. The van der Waals surface area contributed by atoms with E-state index in [-0.39, 0.29) is 11.9 Å². The number of benzene rings is 1. The Hall–Kier alpha value is -3.10. The number of aliphatic hydroxyl groups is 1. The second-order valence-electron chi connectivity index (χ2n) is 11.2. The number of ether oxygens (including phenoxy) is 2. The van der Waals surface area contributed by atoms with Gasteiger partial charge in [0.05, 0.1) is 12.7 Å². The highest BCUT2D eigenvalue weighted by atomic mass is 16.5. The molecular weight excluding hydrogens is 480 g/mol. The number of nitrogens with zero attached hydrogens (tertiary/aromatic N) is 2. The van der Waals surface area contributed by atoms with Gasteiger partial charge >= 0.3 is 0 Å². The molecule has 1 saturated heterocycles. The number of hydrogen-bond donors (Lipinski definition) is 3. The van der Waals surface area contributed by atoms with Gasteiger partial charge in [0.25, 0.3) is 5.91 Å². The molecule has 8 nitrogen and oxygen atoms in total. The second kappa shape index (κ2) is 11.7. The monoisotopic (exact) mass is 520 g/mol. The number of methoxy groups -OCH3 is 1. The number of fused-ring (bicyclic) bond motifs is 1. The van der Waals surface area contributed by atoms with Crippen LogP contribution < -0.4 is 14.8 Å². The van der Waals surface area contributed by atoms with E-state index in [4.69, 9.17) is 9.47 Å². The molecule has 8 heteroatoms. The third-order valence-electron chi connectivity index (χ3n) is 8.16. The van der Waals surface area contributed by atoms with Crippen molar-refractivity contribution >= 4 is 16.8 Å². The number of pyridine rings is 1. The molecule has 0 bridgehead atoms. The smallest absolute Gasteiger partial charge is 0.267 e. The zero-order valence-electron chi connectivity index (χ0n) is 22.5. The SMILES string of the molecule is COc1ccc(COc2cccc3[nH]c(C(=O)NC4CCC(O)(CCN5CCC[C@@H](C)C5)CC4)cc23)cn1. The van der Waals surface area contributed by atoms with E-state index >= 15 is 0 Å². The molecular formula is C30H40N4O4. The first kappa shape index (κ1) is 26.5. The van der Waals surface area contributed by atoms with Crippen LogP contribution in [0.15, 0.2) is 42.6 Å². The van der Waals surface area contributed by atoms with Gasteiger partial charge in [0.2, 0.25) is 5.88 Å². The molecule has 2 aromatic heterocycles. The average molecular weight is 521 g/mol. The number of carbonyl (C=O) groups excluding carboxylic acids is 1. The van der Waals surface area contributed by atoms with Gasteiger partial charge in [-0.2, -0.15) is 0 Å². The molecule has 2 aliphatic rings. The van der Waals surface area contributed by atoms with Gasteiger partial charge in [-0.3, -0.25) is 4.79 Å². The summed E-state index contributed by atoms with van der Waals surface area (Å²) >= 11 is 0. The number of piperidine rings is 1. The van der Waals surface area contributed by atoms with Crippen molar-refractivity contribution < 1.29 is 19.4 Å². The van der Waals surface area contributed by atoms with Crippen LogP contribution in [0.25, 0.3) is 10.9 Å². The molecule has 1 amide bonds. The van der Waals surface area contributed by atoms with Crippen LogP contribution in [0, 0.1) is 5.92 Å². The first-order chi connectivity index (χ1) is 18.4. The Morgan fingerprint density at radius 3 is 2.82 bits per heavy atom. The predicted octanol–water partition coefficient (Wildman–Crippen LogP) is 4.68. The lowest BCUT2D eigenvalue weighted by Gasteiger charge is -2.39. The van der Waals surface area contributed by atoms with Crippen molar-refractivity contribution in [2.24, 2.45) is 5.92 Å². The van der Waals surface area contributed by atoms with Crippen molar-refractivity contribution in [1.29, 1.82) is 0 Å². The summed E-state index contributed by atoms with van der Waals surface area (Å²) in [6.45, 7) is 5.94. The Kier molecular flexibility index (Phi) is 8.19. The lowest BCUT2D eigenvalue weighted by atomic mass is 9.80. The molecule has 0 unspecified atom stereocenters. The Balaban J connectivity index is 1.14. The van der Waals surface area contributed by atoms with E-state index in [0.717, 1.165) is 74.1 Å². The average Bonchev–Trinajstić information content (AvgIpc) is 3.38. The van der Waals surface area contributed by atoms with Gasteiger partial charge in [-0.15, -0.1) is 0 Å². The highest BCUT2D eigenvalue weighted by Crippen LogP contribution is 2.32. The van der Waals surface area contributed by atoms with Crippen molar-refractivity contribution in [3.8, 4) is 11.6 Å². The molecule has 5 rings (SSSR count). The molecule has 3 N–H and O–H groups in total. The maximum atomic E-state index is 13.1. The number of nitrogens with one attached hydrogen (secondary N) is 2. The number of carbonyl (C=O) groups is 1. The molecule has 1 atom stereocenters. The molecule has 3 heterocycles. The van der Waals surface area contributed by atoms with Crippen molar-refractivity contribution in [2.75, 3.05) is 26.7 Å². The van der Waals surface area contributed by atoms with E-state index in [2.05, 4.69) is 27.1 Å². The Labute approximate surface area is 224 Å². The fraction of sp³-hybridized carbons (Fsp3) is 0.533. The summed E-state index contributed by atoms with van der Waals surface area (Å²) in [6, 6.07) is 11.4. The molecule has 0 radical (unpaired) electrons. The van der Waals surface area contributed by atoms with Crippen LogP contribution in [-0.4, -0.2) is 64.3 Å². The second-order valence-corrected chi connectivity index (χ2v) is 11.2. The summed E-state index contributed by atoms with van der Waals surface area (Å²) in [5.41, 5.74) is 1.68. The van der Waals surface area contributed by atoms with E-state index in [1.165, 1.54) is 12.8 Å². The topological polar surface area (TPSA) is 99.7 Å². The molecule has 1 saturated carbocycles. The molecule has 1 aliphatic carbocycles. The molecule has 1 aliphatic heterocycles. The standard InChI is InChI=1S/C30H40N4O4/c1-21-5-4-15-34(19-21)16-14-30(36)12-10-23(11-13-30)32-29(35)26-17-24-25(33-26)6-3-7-27(24)38-20-22-8-9-28(37-2)31-18-22/h3,6-9,17-18,21,23,33,36H,4-5,10-16,19-20H2,1-2H3,(H,32,35)/t21-,23?,30?/m1/s1. The number of hydrogen-bond acceptors (Lipinski definition) is 6. The quantitative estimate of drug-likeness (QED) is 0.379. The summed E-state index contributed by atoms with van der Waals surface area (Å²) in [7, 11) is 1.59. The fourth-order valence-corrected chi connectivity index (χ4v) is 5.82. The van der Waals surface area contributed by atoms with Crippen LogP contribution in [0.5, 0.6) is 11.6 Å². The zero-order chi connectivity index (χ0) is 26.5. The third-order valence-corrected chi connectivity index (χ3v) is 8.16. The molecule has 204 valence electrons. The van der Waals surface area contributed by atoms with Crippen LogP contribution >= 0.6 is 0 Å². The number of aromatic nitrogens is 2. The van der Waals surface area contributed by atoms with Gasteiger partial charge in [-0.05, 0) is 81.7 Å². The maximum absolute atomic E-state index is 13.1. The minimum absolute atomic E-state index is 0.0717. The zero-order valence-corrected chi connectivity index (χ0v) is 22.5. The molecule has 38 heavy (non-hydrogen) atoms. The summed E-state index contributed by atoms with van der Waals surface area (Å²) < 4.78 is 11.2. The highest BCUT2D eigenvalue weighted by molar-refractivity contribution is 5.99. The number of amides is 1. The third kappa shape index (κ3) is 6.48. The maximum Gasteiger partial charge on any atom is 0.267 e.